The average molecular weight is 270 g/mol. The first-order chi connectivity index (χ1) is 8.67. The minimum absolute atomic E-state index is 0.316. The van der Waals surface area contributed by atoms with Crippen molar-refractivity contribution in [3.8, 4) is 0 Å². The molecule has 0 aliphatic heterocycles. The van der Waals surface area contributed by atoms with Crippen molar-refractivity contribution < 1.29 is 4.74 Å². The average Bonchev–Trinajstić information content (AvgIpc) is 2.39. The minimum Gasteiger partial charge on any atom is -0.385 e. The van der Waals surface area contributed by atoms with Crippen LogP contribution in [0.5, 0.6) is 0 Å². The van der Waals surface area contributed by atoms with Crippen molar-refractivity contribution in [2.24, 2.45) is 0 Å². The summed E-state index contributed by atoms with van der Waals surface area (Å²) < 4.78 is 5.07. The van der Waals surface area contributed by atoms with Crippen molar-refractivity contribution in [3.05, 3.63) is 35.4 Å². The van der Waals surface area contributed by atoms with Gasteiger partial charge in [-0.3, -0.25) is 0 Å². The molecule has 0 aliphatic carbocycles. The molecule has 0 saturated carbocycles. The van der Waals surface area contributed by atoms with Gasteiger partial charge >= 0.3 is 0 Å². The highest BCUT2D eigenvalue weighted by molar-refractivity contribution is 6.18. The highest BCUT2D eigenvalue weighted by Crippen LogP contribution is 2.14. The third kappa shape index (κ3) is 5.38. The molecule has 0 aliphatic rings. The van der Waals surface area contributed by atoms with Gasteiger partial charge in [0.15, 0.2) is 0 Å². The van der Waals surface area contributed by atoms with Gasteiger partial charge in [-0.15, -0.1) is 11.6 Å². The maximum atomic E-state index is 5.92. The molecule has 0 spiro atoms. The summed E-state index contributed by atoms with van der Waals surface area (Å²) >= 11 is 5.92. The normalized spacial score (nSPS) is 12.9. The lowest BCUT2D eigenvalue weighted by molar-refractivity contribution is 0.185. The van der Waals surface area contributed by atoms with Gasteiger partial charge in [-0.25, -0.2) is 0 Å². The van der Waals surface area contributed by atoms with E-state index in [9.17, 15) is 0 Å². The molecular formula is C15H24ClNO. The number of alkyl halides is 1. The Bertz CT molecular complexity index is 324. The van der Waals surface area contributed by atoms with E-state index in [-0.39, 0.29) is 0 Å². The largest absolute Gasteiger partial charge is 0.385 e. The molecule has 1 atom stereocenters. The number of rotatable bonds is 8. The van der Waals surface area contributed by atoms with E-state index >= 15 is 0 Å². The van der Waals surface area contributed by atoms with Crippen molar-refractivity contribution in [1.29, 1.82) is 0 Å². The van der Waals surface area contributed by atoms with Crippen LogP contribution < -0.4 is 5.32 Å². The molecule has 18 heavy (non-hydrogen) atoms. The second kappa shape index (κ2) is 8.52. The van der Waals surface area contributed by atoms with Crippen LogP contribution in [0.3, 0.4) is 0 Å². The van der Waals surface area contributed by atoms with Crippen molar-refractivity contribution in [2.45, 2.75) is 38.8 Å². The fourth-order valence-corrected chi connectivity index (χ4v) is 2.04. The minimum atomic E-state index is 0.316. The fraction of sp³-hybridized carbons (Fsp3) is 0.600. The summed E-state index contributed by atoms with van der Waals surface area (Å²) in [6, 6.07) is 9.09. The van der Waals surface area contributed by atoms with Crippen LogP contribution in [0.1, 0.15) is 37.3 Å². The van der Waals surface area contributed by atoms with Gasteiger partial charge in [-0.05, 0) is 23.5 Å². The molecule has 0 amide bonds. The maximum absolute atomic E-state index is 5.92. The molecule has 0 radical (unpaired) electrons. The molecule has 0 fully saturated rings. The zero-order chi connectivity index (χ0) is 13.4. The third-order valence-corrected chi connectivity index (χ3v) is 3.47. The molecule has 1 rings (SSSR count). The van der Waals surface area contributed by atoms with Crippen molar-refractivity contribution in [1.82, 2.24) is 5.32 Å². The van der Waals surface area contributed by atoms with E-state index < -0.39 is 0 Å². The summed E-state index contributed by atoms with van der Waals surface area (Å²) in [6.07, 6.45) is 0.948. The molecule has 3 heteroatoms. The number of methoxy groups -OCH3 is 1. The number of hydrogen-bond acceptors (Lipinski definition) is 2. The molecule has 0 heterocycles. The zero-order valence-corrected chi connectivity index (χ0v) is 12.3. The lowest BCUT2D eigenvalue weighted by Gasteiger charge is -2.16. The Morgan fingerprint density at radius 3 is 2.39 bits per heavy atom. The van der Waals surface area contributed by atoms with Crippen LogP contribution in [0.4, 0.5) is 0 Å². The predicted octanol–water partition coefficient (Wildman–Crippen LogP) is 3.54. The van der Waals surface area contributed by atoms with Crippen LogP contribution in [0.2, 0.25) is 0 Å². The van der Waals surface area contributed by atoms with Gasteiger partial charge in [0.05, 0.1) is 0 Å². The molecule has 2 nitrogen and oxygen atoms in total. The van der Waals surface area contributed by atoms with E-state index in [4.69, 9.17) is 16.3 Å². The summed E-state index contributed by atoms with van der Waals surface area (Å²) in [5.41, 5.74) is 2.68. The Morgan fingerprint density at radius 2 is 1.89 bits per heavy atom. The fourth-order valence-electron chi connectivity index (χ4n) is 1.78. The van der Waals surface area contributed by atoms with E-state index in [1.54, 1.807) is 7.11 Å². The lowest BCUT2D eigenvalue weighted by atomic mass is 10.0. The highest BCUT2D eigenvalue weighted by Gasteiger charge is 2.06. The number of hydrogen-bond donors (Lipinski definition) is 1. The predicted molar refractivity (Wildman–Crippen MR) is 78.4 cm³/mol. The Morgan fingerprint density at radius 1 is 1.22 bits per heavy atom. The Kier molecular flexibility index (Phi) is 7.33. The Labute approximate surface area is 116 Å². The number of nitrogens with one attached hydrogen (secondary N) is 1. The van der Waals surface area contributed by atoms with Gasteiger partial charge in [0.2, 0.25) is 0 Å². The molecule has 1 aromatic rings. The molecule has 0 saturated heterocycles. The molecular weight excluding hydrogens is 246 g/mol. The van der Waals surface area contributed by atoms with Crippen LogP contribution in [0, 0.1) is 0 Å². The van der Waals surface area contributed by atoms with E-state index in [0.29, 0.717) is 17.8 Å². The molecule has 1 aromatic carbocycles. The molecule has 1 unspecified atom stereocenters. The van der Waals surface area contributed by atoms with E-state index in [2.05, 4.69) is 43.4 Å². The Hall–Kier alpha value is -0.570. The quantitative estimate of drug-likeness (QED) is 0.729. The molecule has 1 N–H and O–H groups in total. The van der Waals surface area contributed by atoms with E-state index in [1.807, 2.05) is 0 Å². The summed E-state index contributed by atoms with van der Waals surface area (Å²) in [5, 5.41) is 3.46. The second-order valence-electron chi connectivity index (χ2n) is 4.91. The van der Waals surface area contributed by atoms with Crippen molar-refractivity contribution in [2.75, 3.05) is 19.6 Å². The van der Waals surface area contributed by atoms with Crippen LogP contribution in [0.15, 0.2) is 24.3 Å². The molecule has 102 valence electrons. The standard InChI is InChI=1S/C15H24ClNO/c1-12(2)14-6-4-13(5-7-14)11-17-15(10-16)8-9-18-3/h4-7,12,15,17H,8-11H2,1-3H3. The van der Waals surface area contributed by atoms with Gasteiger partial charge in [0.25, 0.3) is 0 Å². The summed E-state index contributed by atoms with van der Waals surface area (Å²) in [6.45, 7) is 6.03. The smallest absolute Gasteiger partial charge is 0.0477 e. The van der Waals surface area contributed by atoms with Gasteiger partial charge in [-0.2, -0.15) is 0 Å². The van der Waals surface area contributed by atoms with Gasteiger partial charge < -0.3 is 10.1 Å². The summed E-state index contributed by atoms with van der Waals surface area (Å²) in [7, 11) is 1.72. The van der Waals surface area contributed by atoms with Crippen molar-refractivity contribution >= 4 is 11.6 Å². The summed E-state index contributed by atoms with van der Waals surface area (Å²) in [4.78, 5) is 0. The molecule has 0 bridgehead atoms. The third-order valence-electron chi connectivity index (χ3n) is 3.10. The van der Waals surface area contributed by atoms with Gasteiger partial charge in [0, 0.05) is 32.2 Å². The van der Waals surface area contributed by atoms with Crippen LogP contribution in [-0.2, 0) is 11.3 Å². The maximum Gasteiger partial charge on any atom is 0.0477 e. The SMILES string of the molecule is COCCC(CCl)NCc1ccc(C(C)C)cc1. The van der Waals surface area contributed by atoms with Crippen molar-refractivity contribution in [3.63, 3.8) is 0 Å². The highest BCUT2D eigenvalue weighted by atomic mass is 35.5. The molecule has 0 aromatic heterocycles. The first kappa shape index (κ1) is 15.5. The van der Waals surface area contributed by atoms with E-state index in [0.717, 1.165) is 19.6 Å². The first-order valence-electron chi connectivity index (χ1n) is 6.54. The second-order valence-corrected chi connectivity index (χ2v) is 5.22. The number of ether oxygens (including phenoxy) is 1. The first-order valence-corrected chi connectivity index (χ1v) is 7.08. The zero-order valence-electron chi connectivity index (χ0n) is 11.6. The van der Waals surface area contributed by atoms with Gasteiger partial charge in [0.1, 0.15) is 0 Å². The van der Waals surface area contributed by atoms with Crippen LogP contribution in [0.25, 0.3) is 0 Å². The lowest BCUT2D eigenvalue weighted by Crippen LogP contribution is -2.31. The van der Waals surface area contributed by atoms with Crippen LogP contribution in [-0.4, -0.2) is 25.6 Å². The van der Waals surface area contributed by atoms with Crippen LogP contribution >= 0.6 is 11.6 Å². The van der Waals surface area contributed by atoms with Gasteiger partial charge in [-0.1, -0.05) is 38.1 Å². The number of halogens is 1. The topological polar surface area (TPSA) is 21.3 Å². The van der Waals surface area contributed by atoms with E-state index in [1.165, 1.54) is 11.1 Å². The summed E-state index contributed by atoms with van der Waals surface area (Å²) in [5.74, 6) is 1.21. The number of benzene rings is 1. The monoisotopic (exact) mass is 269 g/mol. The Balaban J connectivity index is 2.42.